The predicted octanol–water partition coefficient (Wildman–Crippen LogP) is 0.943. The van der Waals surface area contributed by atoms with Gasteiger partial charge in [-0.2, -0.15) is 0 Å². The van der Waals surface area contributed by atoms with E-state index in [1.165, 1.54) is 0 Å². The molecule has 0 aliphatic rings. The molecule has 0 amide bonds. The second-order valence-corrected chi connectivity index (χ2v) is 2.67. The van der Waals surface area contributed by atoms with E-state index in [1.807, 2.05) is 36.4 Å². The molecule has 0 fully saturated rings. The van der Waals surface area contributed by atoms with Crippen LogP contribution in [-0.4, -0.2) is 19.6 Å². The minimum atomic E-state index is -2.87. The van der Waals surface area contributed by atoms with E-state index in [0.29, 0.717) is 0 Å². The standard InChI is InChI=1S/C6H6.2HO3P/c1-2-4-6-5-3-1;2*1-4(2)3/h1-6H;2*(H-,1,2,3)/p+2. The molecule has 0 saturated heterocycles. The minimum absolute atomic E-state index is 2.00. The first-order valence-electron chi connectivity index (χ1n) is 3.17. The Morgan fingerprint density at radius 3 is 0.714 bits per heavy atom. The molecule has 8 heteroatoms. The van der Waals surface area contributed by atoms with Gasteiger partial charge in [0.25, 0.3) is 0 Å². The highest BCUT2D eigenvalue weighted by atomic mass is 31.1. The van der Waals surface area contributed by atoms with Gasteiger partial charge in [0.05, 0.1) is 0 Å². The van der Waals surface area contributed by atoms with Crippen LogP contribution in [0.4, 0.5) is 0 Å². The van der Waals surface area contributed by atoms with Gasteiger partial charge in [-0.05, 0) is 0 Å². The maximum atomic E-state index is 8.70. The van der Waals surface area contributed by atoms with E-state index in [2.05, 4.69) is 0 Å². The zero-order valence-electron chi connectivity index (χ0n) is 6.96. The largest absolute Gasteiger partial charge is 0.692 e. The van der Waals surface area contributed by atoms with Crippen molar-refractivity contribution in [3.63, 3.8) is 0 Å². The lowest BCUT2D eigenvalue weighted by Gasteiger charge is -1.69. The van der Waals surface area contributed by atoms with E-state index in [1.54, 1.807) is 0 Å². The highest BCUT2D eigenvalue weighted by molar-refractivity contribution is 7.31. The fraction of sp³-hybridized carbons (Fsp3) is 0. The van der Waals surface area contributed by atoms with Crippen LogP contribution in [0.5, 0.6) is 0 Å². The van der Waals surface area contributed by atoms with Crippen molar-refractivity contribution < 1.29 is 28.7 Å². The van der Waals surface area contributed by atoms with Gasteiger partial charge in [0, 0.05) is 9.13 Å². The molecule has 0 aliphatic carbocycles. The average Bonchev–Trinajstić information content (AvgIpc) is 2.05. The summed E-state index contributed by atoms with van der Waals surface area (Å²) in [4.78, 5) is 28.5. The van der Waals surface area contributed by atoms with Crippen LogP contribution in [0.2, 0.25) is 0 Å². The molecule has 0 atom stereocenters. The summed E-state index contributed by atoms with van der Waals surface area (Å²) in [5, 5.41) is 0. The Balaban J connectivity index is 0. The fourth-order valence-corrected chi connectivity index (χ4v) is 0.385. The second-order valence-electron chi connectivity index (χ2n) is 1.66. The monoisotopic (exact) mass is 240 g/mol. The van der Waals surface area contributed by atoms with E-state index in [-0.39, 0.29) is 0 Å². The maximum absolute atomic E-state index is 8.70. The van der Waals surface area contributed by atoms with Gasteiger partial charge < -0.3 is 0 Å². The number of hydrogen-bond donors (Lipinski definition) is 4. The van der Waals surface area contributed by atoms with E-state index >= 15 is 0 Å². The highest BCUT2D eigenvalue weighted by Gasteiger charge is 1.93. The van der Waals surface area contributed by atoms with Crippen molar-refractivity contribution >= 4 is 16.5 Å². The quantitative estimate of drug-likeness (QED) is 0.501. The second kappa shape index (κ2) is 12.3. The molecule has 78 valence electrons. The van der Waals surface area contributed by atoms with E-state index in [9.17, 15) is 0 Å². The summed E-state index contributed by atoms with van der Waals surface area (Å²) in [6.07, 6.45) is 0. The summed E-state index contributed by atoms with van der Waals surface area (Å²) >= 11 is 0. The lowest BCUT2D eigenvalue weighted by molar-refractivity contribution is 0.403. The minimum Gasteiger partial charge on any atom is -0.134 e. The van der Waals surface area contributed by atoms with Gasteiger partial charge in [0.15, 0.2) is 0 Å². The van der Waals surface area contributed by atoms with Gasteiger partial charge >= 0.3 is 16.5 Å². The molecule has 0 heterocycles. The van der Waals surface area contributed by atoms with Crippen molar-refractivity contribution in [3.8, 4) is 0 Å². The Hall–Kier alpha value is -0.740. The van der Waals surface area contributed by atoms with Crippen molar-refractivity contribution in [2.45, 2.75) is 0 Å². The average molecular weight is 240 g/mol. The molecule has 0 saturated carbocycles. The summed E-state index contributed by atoms with van der Waals surface area (Å²) in [6.45, 7) is 0. The maximum Gasteiger partial charge on any atom is 0.692 e. The van der Waals surface area contributed by atoms with E-state index in [4.69, 9.17) is 28.7 Å². The molecule has 6 nitrogen and oxygen atoms in total. The van der Waals surface area contributed by atoms with Crippen LogP contribution in [0.25, 0.3) is 0 Å². The summed E-state index contributed by atoms with van der Waals surface area (Å²) in [7, 11) is -5.74. The lowest BCUT2D eigenvalue weighted by atomic mass is 10.4. The molecule has 14 heavy (non-hydrogen) atoms. The Kier molecular flexibility index (Phi) is 13.8. The smallest absolute Gasteiger partial charge is 0.134 e. The topological polar surface area (TPSA) is 115 Å². The van der Waals surface area contributed by atoms with Crippen LogP contribution in [0.1, 0.15) is 0 Å². The van der Waals surface area contributed by atoms with Crippen molar-refractivity contribution in [2.24, 2.45) is 0 Å². The molecule has 0 spiro atoms. The Morgan fingerprint density at radius 1 is 0.571 bits per heavy atom. The Morgan fingerprint density at radius 2 is 0.643 bits per heavy atom. The summed E-state index contributed by atoms with van der Waals surface area (Å²) in [5.41, 5.74) is 0. The lowest BCUT2D eigenvalue weighted by Crippen LogP contribution is -1.47. The molecule has 1 aromatic rings. The highest BCUT2D eigenvalue weighted by Crippen LogP contribution is 1.98. The third kappa shape index (κ3) is 42.8. The van der Waals surface area contributed by atoms with Crippen LogP contribution in [0, 0.1) is 0 Å². The molecule has 4 N–H and O–H groups in total. The van der Waals surface area contributed by atoms with Crippen LogP contribution < -0.4 is 0 Å². The molecule has 0 aliphatic heterocycles. The Bertz CT molecular complexity index is 205. The zero-order chi connectivity index (χ0) is 11.4. The van der Waals surface area contributed by atoms with Crippen LogP contribution in [0.3, 0.4) is 0 Å². The van der Waals surface area contributed by atoms with Crippen molar-refractivity contribution in [1.82, 2.24) is 0 Å². The summed E-state index contributed by atoms with van der Waals surface area (Å²) in [6, 6.07) is 12.0. The number of hydrogen-bond acceptors (Lipinski definition) is 2. The zero-order valence-corrected chi connectivity index (χ0v) is 8.75. The van der Waals surface area contributed by atoms with E-state index < -0.39 is 16.5 Å². The van der Waals surface area contributed by atoms with Crippen molar-refractivity contribution in [1.29, 1.82) is 0 Å². The Labute approximate surface area is 82.4 Å². The molecule has 0 aromatic heterocycles. The van der Waals surface area contributed by atoms with Gasteiger partial charge in [0.2, 0.25) is 0 Å². The summed E-state index contributed by atoms with van der Waals surface area (Å²) in [5.74, 6) is 0. The SMILES string of the molecule is O=[P+](O)O.O=[P+](O)O.c1ccccc1. The molecular formula is C6H10O6P2+2. The number of benzene rings is 1. The van der Waals surface area contributed by atoms with Crippen LogP contribution >= 0.6 is 16.5 Å². The molecular weight excluding hydrogens is 230 g/mol. The molecule has 0 radical (unpaired) electrons. The van der Waals surface area contributed by atoms with Gasteiger partial charge in [-0.15, -0.1) is 19.6 Å². The van der Waals surface area contributed by atoms with Gasteiger partial charge in [-0.25, -0.2) is 0 Å². The van der Waals surface area contributed by atoms with Crippen LogP contribution in [-0.2, 0) is 9.13 Å². The predicted molar refractivity (Wildman–Crippen MR) is 50.5 cm³/mol. The molecule has 1 rings (SSSR count). The molecule has 1 aromatic carbocycles. The van der Waals surface area contributed by atoms with Crippen molar-refractivity contribution in [3.05, 3.63) is 36.4 Å². The van der Waals surface area contributed by atoms with Gasteiger partial charge in [0.1, 0.15) is 0 Å². The molecule has 0 unspecified atom stereocenters. The number of rotatable bonds is 0. The fourth-order valence-electron chi connectivity index (χ4n) is 0.385. The van der Waals surface area contributed by atoms with Crippen molar-refractivity contribution in [2.75, 3.05) is 0 Å². The molecule has 0 bridgehead atoms. The van der Waals surface area contributed by atoms with Gasteiger partial charge in [-0.1, -0.05) is 36.4 Å². The first-order valence-corrected chi connectivity index (χ1v) is 5.50. The van der Waals surface area contributed by atoms with Gasteiger partial charge in [-0.3, -0.25) is 0 Å². The first-order chi connectivity index (χ1) is 6.46. The van der Waals surface area contributed by atoms with E-state index in [0.717, 1.165) is 0 Å². The summed E-state index contributed by atoms with van der Waals surface area (Å²) < 4.78 is 17.4. The normalized spacial score (nSPS) is 7.14. The third-order valence-corrected chi connectivity index (χ3v) is 0.667. The van der Waals surface area contributed by atoms with Crippen LogP contribution in [0.15, 0.2) is 36.4 Å². The first kappa shape index (κ1) is 15.7. The third-order valence-electron chi connectivity index (χ3n) is 0.667.